The minimum absolute atomic E-state index is 0.0631. The molecule has 45 heavy (non-hydrogen) atoms. The number of nitrogens with zero attached hydrogens (tertiary/aromatic N) is 2. The zero-order valence-electron chi connectivity index (χ0n) is 25.4. The van der Waals surface area contributed by atoms with Crippen LogP contribution < -0.4 is 29.1 Å². The minimum atomic E-state index is -0.773. The topological polar surface area (TPSA) is 88.4 Å². The molecule has 0 fully saturated rings. The Morgan fingerprint density at radius 2 is 1.78 bits per heavy atom. The third-order valence-electron chi connectivity index (χ3n) is 6.94. The molecule has 0 bridgehead atoms. The number of esters is 1. The number of ether oxygens (including phenoxy) is 4. The first-order valence-electron chi connectivity index (χ1n) is 14.3. The lowest BCUT2D eigenvalue weighted by atomic mass is 9.95. The maximum absolute atomic E-state index is 14.0. The molecule has 2 heterocycles. The summed E-state index contributed by atoms with van der Waals surface area (Å²) < 4.78 is 26.8. The van der Waals surface area contributed by atoms with Crippen LogP contribution in [0.2, 0.25) is 0 Å². The number of benzene rings is 3. The molecule has 11 heteroatoms. The first-order chi connectivity index (χ1) is 21.6. The summed E-state index contributed by atoms with van der Waals surface area (Å²) in [5.41, 5.74) is 3.03. The molecule has 1 atom stereocenters. The molecule has 3 aromatic carbocycles. The summed E-state index contributed by atoms with van der Waals surface area (Å²) in [6, 6.07) is 18.3. The van der Waals surface area contributed by atoms with Gasteiger partial charge in [0.2, 0.25) is 0 Å². The predicted molar refractivity (Wildman–Crippen MR) is 182 cm³/mol. The molecule has 0 aliphatic carbocycles. The number of thiazole rings is 1. The lowest BCUT2D eigenvalue weighted by Crippen LogP contribution is -2.40. The third-order valence-corrected chi connectivity index (χ3v) is 9.08. The smallest absolute Gasteiger partial charge is 0.338 e. The summed E-state index contributed by atoms with van der Waals surface area (Å²) in [6.45, 7) is 7.97. The zero-order chi connectivity index (χ0) is 32.2. The van der Waals surface area contributed by atoms with Gasteiger partial charge in [0, 0.05) is 4.47 Å². The van der Waals surface area contributed by atoms with Gasteiger partial charge in [0.05, 0.1) is 46.1 Å². The van der Waals surface area contributed by atoms with Crippen LogP contribution in [0.3, 0.4) is 0 Å². The van der Waals surface area contributed by atoms with Crippen molar-refractivity contribution in [2.45, 2.75) is 46.4 Å². The van der Waals surface area contributed by atoms with E-state index in [0.717, 1.165) is 20.1 Å². The number of fused-ring (bicyclic) bond motifs is 1. The fourth-order valence-electron chi connectivity index (χ4n) is 4.93. The van der Waals surface area contributed by atoms with Crippen LogP contribution in [0.4, 0.5) is 0 Å². The Balaban J connectivity index is 1.54. The normalized spacial score (nSPS) is 14.7. The van der Waals surface area contributed by atoms with Gasteiger partial charge in [0.25, 0.3) is 5.56 Å². The summed E-state index contributed by atoms with van der Waals surface area (Å²) in [5, 5.41) is 0. The molecule has 1 aliphatic rings. The number of carbonyl (C=O) groups is 1. The largest absolute Gasteiger partial charge is 0.493 e. The van der Waals surface area contributed by atoms with E-state index in [1.807, 2.05) is 68.5 Å². The van der Waals surface area contributed by atoms with Crippen molar-refractivity contribution in [2.24, 2.45) is 4.99 Å². The Morgan fingerprint density at radius 1 is 1.04 bits per heavy atom. The quantitative estimate of drug-likeness (QED) is 0.168. The van der Waals surface area contributed by atoms with Gasteiger partial charge in [0.15, 0.2) is 16.3 Å². The average molecular weight is 757 g/mol. The van der Waals surface area contributed by atoms with E-state index >= 15 is 0 Å². The van der Waals surface area contributed by atoms with E-state index in [1.165, 1.54) is 11.3 Å². The maximum atomic E-state index is 14.0. The van der Waals surface area contributed by atoms with Crippen LogP contribution >= 0.6 is 43.2 Å². The molecule has 0 saturated carbocycles. The molecular formula is C34H32Br2N2O6S. The Kier molecular flexibility index (Phi) is 10.3. The third kappa shape index (κ3) is 7.26. The Labute approximate surface area is 281 Å². The highest BCUT2D eigenvalue weighted by molar-refractivity contribution is 9.10. The van der Waals surface area contributed by atoms with Crippen molar-refractivity contribution in [1.82, 2.24) is 4.57 Å². The molecule has 5 rings (SSSR count). The average Bonchev–Trinajstić information content (AvgIpc) is 3.30. The molecule has 0 spiro atoms. The molecule has 1 aromatic heterocycles. The lowest BCUT2D eigenvalue weighted by Gasteiger charge is -2.25. The SMILES string of the molecule is CCOC(=O)C1=C(C)N=c2s/c(=C\c3ccc(OCc4ccc(Br)cc4)c(Br)c3)c(=O)n2[C@@H]1c1ccc(OC(C)C)c(OC)c1. The van der Waals surface area contributed by atoms with Crippen LogP contribution in [-0.4, -0.2) is 30.4 Å². The van der Waals surface area contributed by atoms with E-state index in [9.17, 15) is 9.59 Å². The number of rotatable bonds is 10. The first kappa shape index (κ1) is 32.7. The number of carbonyl (C=O) groups excluding carboxylic acids is 1. The summed E-state index contributed by atoms with van der Waals surface area (Å²) in [6.07, 6.45) is 1.75. The van der Waals surface area contributed by atoms with E-state index in [1.54, 1.807) is 37.7 Å². The Hall–Kier alpha value is -3.67. The molecule has 4 aromatic rings. The number of hydrogen-bond donors (Lipinski definition) is 0. The van der Waals surface area contributed by atoms with Gasteiger partial charge in [-0.3, -0.25) is 9.36 Å². The minimum Gasteiger partial charge on any atom is -0.493 e. The summed E-state index contributed by atoms with van der Waals surface area (Å²) >= 11 is 8.32. The van der Waals surface area contributed by atoms with Crippen molar-refractivity contribution in [2.75, 3.05) is 13.7 Å². The molecule has 0 amide bonds. The van der Waals surface area contributed by atoms with Gasteiger partial charge in [-0.05, 0) is 103 Å². The van der Waals surface area contributed by atoms with Gasteiger partial charge in [-0.2, -0.15) is 0 Å². The Bertz CT molecular complexity index is 1950. The molecule has 234 valence electrons. The van der Waals surface area contributed by atoms with E-state index in [0.29, 0.717) is 50.0 Å². The van der Waals surface area contributed by atoms with E-state index in [2.05, 4.69) is 36.9 Å². The van der Waals surface area contributed by atoms with Gasteiger partial charge in [0.1, 0.15) is 12.4 Å². The Morgan fingerprint density at radius 3 is 2.44 bits per heavy atom. The highest BCUT2D eigenvalue weighted by Crippen LogP contribution is 2.36. The highest BCUT2D eigenvalue weighted by atomic mass is 79.9. The number of halogens is 2. The molecular weight excluding hydrogens is 724 g/mol. The van der Waals surface area contributed by atoms with Gasteiger partial charge in [-0.25, -0.2) is 9.79 Å². The van der Waals surface area contributed by atoms with Crippen molar-refractivity contribution in [3.8, 4) is 17.2 Å². The van der Waals surface area contributed by atoms with Crippen LogP contribution in [0.1, 0.15) is 50.4 Å². The molecule has 0 saturated heterocycles. The van der Waals surface area contributed by atoms with Crippen molar-refractivity contribution in [3.05, 3.63) is 117 Å². The first-order valence-corrected chi connectivity index (χ1v) is 16.7. The zero-order valence-corrected chi connectivity index (χ0v) is 29.4. The van der Waals surface area contributed by atoms with Crippen molar-refractivity contribution < 1.29 is 23.7 Å². The molecule has 1 aliphatic heterocycles. The van der Waals surface area contributed by atoms with Crippen LogP contribution in [0.15, 0.2) is 90.7 Å². The standard InChI is InChI=1S/C34H32Br2N2O6S/c1-6-42-33(40)30-20(4)37-34-38(31(30)23-10-14-27(44-19(2)3)28(17-23)41-5)32(39)29(45-34)16-22-9-13-26(25(36)15-22)43-18-21-7-11-24(35)12-8-21/h7-17,19,31H,6,18H2,1-5H3/b29-16-/t31-/m1/s1. The number of methoxy groups -OCH3 is 1. The van der Waals surface area contributed by atoms with Crippen LogP contribution in [0.25, 0.3) is 6.08 Å². The summed E-state index contributed by atoms with van der Waals surface area (Å²) in [7, 11) is 1.56. The van der Waals surface area contributed by atoms with Crippen molar-refractivity contribution >= 4 is 55.2 Å². The number of allylic oxidation sites excluding steroid dienone is 1. The number of aromatic nitrogens is 1. The van der Waals surface area contributed by atoms with Crippen molar-refractivity contribution in [3.63, 3.8) is 0 Å². The predicted octanol–water partition coefficient (Wildman–Crippen LogP) is 6.70. The maximum Gasteiger partial charge on any atom is 0.338 e. The molecule has 8 nitrogen and oxygen atoms in total. The van der Waals surface area contributed by atoms with Crippen LogP contribution in [-0.2, 0) is 16.1 Å². The fraction of sp³-hybridized carbons (Fsp3) is 0.265. The second-order valence-corrected chi connectivity index (χ2v) is 13.3. The molecule has 0 unspecified atom stereocenters. The fourth-order valence-corrected chi connectivity index (χ4v) is 6.75. The molecule has 0 radical (unpaired) electrons. The van der Waals surface area contributed by atoms with E-state index in [-0.39, 0.29) is 18.3 Å². The second-order valence-electron chi connectivity index (χ2n) is 10.5. The van der Waals surface area contributed by atoms with Gasteiger partial charge < -0.3 is 18.9 Å². The summed E-state index contributed by atoms with van der Waals surface area (Å²) in [5.74, 6) is 1.22. The monoisotopic (exact) mass is 754 g/mol. The lowest BCUT2D eigenvalue weighted by molar-refractivity contribution is -0.139. The van der Waals surface area contributed by atoms with Crippen LogP contribution in [0.5, 0.6) is 17.2 Å². The van der Waals surface area contributed by atoms with Gasteiger partial charge in [-0.1, -0.05) is 51.5 Å². The van der Waals surface area contributed by atoms with Gasteiger partial charge in [-0.15, -0.1) is 0 Å². The highest BCUT2D eigenvalue weighted by Gasteiger charge is 2.34. The van der Waals surface area contributed by atoms with Gasteiger partial charge >= 0.3 is 5.97 Å². The van der Waals surface area contributed by atoms with E-state index in [4.69, 9.17) is 18.9 Å². The van der Waals surface area contributed by atoms with E-state index < -0.39 is 12.0 Å². The van der Waals surface area contributed by atoms with Crippen LogP contribution in [0, 0.1) is 0 Å². The molecule has 0 N–H and O–H groups in total. The number of hydrogen-bond acceptors (Lipinski definition) is 8. The second kappa shape index (κ2) is 14.2. The summed E-state index contributed by atoms with van der Waals surface area (Å²) in [4.78, 5) is 32.5. The van der Waals surface area contributed by atoms with Crippen molar-refractivity contribution in [1.29, 1.82) is 0 Å².